The summed E-state index contributed by atoms with van der Waals surface area (Å²) >= 11 is 9.86. The van der Waals surface area contributed by atoms with Crippen molar-refractivity contribution in [1.29, 1.82) is 0 Å². The molecule has 46 valence electrons. The summed E-state index contributed by atoms with van der Waals surface area (Å²) in [6.45, 7) is 0. The summed E-state index contributed by atoms with van der Waals surface area (Å²) in [7, 11) is 0. The van der Waals surface area contributed by atoms with Crippen molar-refractivity contribution in [3.8, 4) is 0 Å². The minimum atomic E-state index is -1.09. The van der Waals surface area contributed by atoms with E-state index >= 15 is 0 Å². The van der Waals surface area contributed by atoms with Crippen LogP contribution in [0, 0.1) is 0 Å². The Bertz CT molecular complexity index is 124. The van der Waals surface area contributed by atoms with Crippen LogP contribution in [0.15, 0.2) is 22.7 Å². The van der Waals surface area contributed by atoms with Gasteiger partial charge in [-0.1, -0.05) is 23.2 Å². The average molecular weight is 159 g/mol. The maximum Gasteiger partial charge on any atom is 0.153 e. The first-order valence-electron chi connectivity index (χ1n) is 1.65. The molecule has 0 aromatic heterocycles. The molecular weight excluding hydrogens is 157 g/mol. The van der Waals surface area contributed by atoms with Crippen molar-refractivity contribution in [3.63, 3.8) is 0 Å². The van der Waals surface area contributed by atoms with Crippen LogP contribution in [0.5, 0.6) is 0 Å². The summed E-state index contributed by atoms with van der Waals surface area (Å²) in [4.78, 5) is 0. The van der Waals surface area contributed by atoms with E-state index in [1.165, 1.54) is 0 Å². The molecule has 0 aliphatic carbocycles. The van der Waals surface area contributed by atoms with Gasteiger partial charge >= 0.3 is 0 Å². The highest BCUT2D eigenvalue weighted by Crippen LogP contribution is 2.11. The highest BCUT2D eigenvalue weighted by molar-refractivity contribution is 6.56. The Kier molecular flexibility index (Phi) is 3.83. The van der Waals surface area contributed by atoms with Gasteiger partial charge in [-0.05, 0) is 0 Å². The summed E-state index contributed by atoms with van der Waals surface area (Å²) in [5.74, 6) is -1.09. The van der Waals surface area contributed by atoms with E-state index in [4.69, 9.17) is 23.2 Å². The van der Waals surface area contributed by atoms with Crippen molar-refractivity contribution in [1.82, 2.24) is 0 Å². The average Bonchev–Trinajstić information content (AvgIpc) is 1.65. The van der Waals surface area contributed by atoms with Crippen LogP contribution in [0.2, 0.25) is 0 Å². The van der Waals surface area contributed by atoms with Gasteiger partial charge in [-0.15, -0.1) is 0 Å². The molecule has 0 heterocycles. The molecule has 0 unspecified atom stereocenters. The van der Waals surface area contributed by atoms with Gasteiger partial charge in [0.15, 0.2) is 5.83 Å². The molecule has 0 aliphatic heterocycles. The first kappa shape index (κ1) is 7.92. The summed E-state index contributed by atoms with van der Waals surface area (Å²) in [6.07, 6.45) is 0.424. The van der Waals surface area contributed by atoms with E-state index in [1.54, 1.807) is 0 Å². The lowest BCUT2D eigenvalue weighted by atomic mass is 10.6. The third-order valence-corrected chi connectivity index (χ3v) is 0.569. The fourth-order valence-electron chi connectivity index (χ4n) is 0.136. The van der Waals surface area contributed by atoms with Gasteiger partial charge in [-0.3, -0.25) is 0 Å². The quantitative estimate of drug-likeness (QED) is 0.515. The molecule has 0 atom stereocenters. The second-order valence-electron chi connectivity index (χ2n) is 0.928. The lowest BCUT2D eigenvalue weighted by Crippen LogP contribution is -1.59. The lowest BCUT2D eigenvalue weighted by molar-refractivity contribution is 0.606. The summed E-state index contributed by atoms with van der Waals surface area (Å²) in [6, 6.07) is 0. The number of hydrogen-bond acceptors (Lipinski definition) is 0. The molecule has 0 amide bonds. The number of hydrogen-bond donors (Lipinski definition) is 0. The molecule has 4 heteroatoms. The largest absolute Gasteiger partial charge is 0.212 e. The topological polar surface area (TPSA) is 0 Å². The molecule has 0 radical (unpaired) electrons. The number of halogens is 4. The van der Waals surface area contributed by atoms with Crippen molar-refractivity contribution in [3.05, 3.63) is 22.7 Å². The zero-order valence-corrected chi connectivity index (χ0v) is 5.18. The maximum absolute atomic E-state index is 11.6. The van der Waals surface area contributed by atoms with Crippen LogP contribution in [-0.4, -0.2) is 0 Å². The molecule has 0 saturated carbocycles. The van der Waals surface area contributed by atoms with Crippen molar-refractivity contribution in [2.45, 2.75) is 0 Å². The Balaban J connectivity index is 3.89. The van der Waals surface area contributed by atoms with Gasteiger partial charge in [-0.2, -0.15) is 0 Å². The van der Waals surface area contributed by atoms with Gasteiger partial charge in [0.2, 0.25) is 0 Å². The molecule has 0 spiro atoms. The highest BCUT2D eigenvalue weighted by Gasteiger charge is 1.88. The van der Waals surface area contributed by atoms with Crippen LogP contribution in [-0.2, 0) is 0 Å². The first-order chi connectivity index (χ1) is 3.66. The number of rotatable bonds is 1. The third kappa shape index (κ3) is 4.09. The second kappa shape index (κ2) is 3.87. The SMILES string of the molecule is FC=C(F)C=C(Cl)Cl. The second-order valence-corrected chi connectivity index (χ2v) is 1.94. The molecular formula is C4H2Cl2F2. The van der Waals surface area contributed by atoms with Crippen molar-refractivity contribution in [2.75, 3.05) is 0 Å². The Morgan fingerprint density at radius 3 is 2.00 bits per heavy atom. The fraction of sp³-hybridized carbons (Fsp3) is 0. The van der Waals surface area contributed by atoms with Crippen LogP contribution < -0.4 is 0 Å². The van der Waals surface area contributed by atoms with E-state index in [0.29, 0.717) is 6.08 Å². The maximum atomic E-state index is 11.6. The predicted molar refractivity (Wildman–Crippen MR) is 30.1 cm³/mol. The molecule has 0 aliphatic rings. The molecule has 0 rings (SSSR count). The minimum absolute atomic E-state index is 0.231. The van der Waals surface area contributed by atoms with Crippen molar-refractivity contribution < 1.29 is 8.78 Å². The lowest BCUT2D eigenvalue weighted by Gasteiger charge is -1.78. The van der Waals surface area contributed by atoms with E-state index in [2.05, 4.69) is 0 Å². The fourth-order valence-corrected chi connectivity index (χ4v) is 0.344. The van der Waals surface area contributed by atoms with Gasteiger partial charge in [0.05, 0.1) is 0 Å². The summed E-state index contributed by atoms with van der Waals surface area (Å²) < 4.78 is 22.4. The van der Waals surface area contributed by atoms with E-state index in [1.807, 2.05) is 0 Å². The van der Waals surface area contributed by atoms with Gasteiger partial charge in [-0.25, -0.2) is 8.78 Å². The van der Waals surface area contributed by atoms with E-state index in [-0.39, 0.29) is 10.8 Å². The van der Waals surface area contributed by atoms with Crippen LogP contribution in [0.1, 0.15) is 0 Å². The van der Waals surface area contributed by atoms with Crippen molar-refractivity contribution in [2.24, 2.45) is 0 Å². The Morgan fingerprint density at radius 1 is 1.38 bits per heavy atom. The molecule has 0 saturated heterocycles. The van der Waals surface area contributed by atoms with Crippen LogP contribution in [0.4, 0.5) is 8.78 Å². The molecule has 0 aromatic rings. The summed E-state index contributed by atoms with van der Waals surface area (Å²) in [5.41, 5.74) is 0. The molecule has 8 heavy (non-hydrogen) atoms. The number of allylic oxidation sites excluding steroid dienone is 2. The van der Waals surface area contributed by atoms with E-state index in [0.717, 1.165) is 0 Å². The highest BCUT2D eigenvalue weighted by atomic mass is 35.5. The molecule has 0 N–H and O–H groups in total. The van der Waals surface area contributed by atoms with Crippen molar-refractivity contribution >= 4 is 23.2 Å². The Morgan fingerprint density at radius 2 is 1.88 bits per heavy atom. The third-order valence-electron chi connectivity index (χ3n) is 0.351. The van der Waals surface area contributed by atoms with E-state index in [9.17, 15) is 8.78 Å². The van der Waals surface area contributed by atoms with Crippen LogP contribution in [0.3, 0.4) is 0 Å². The van der Waals surface area contributed by atoms with Crippen LogP contribution >= 0.6 is 23.2 Å². The molecule has 0 aromatic carbocycles. The smallest absolute Gasteiger partial charge is 0.153 e. The van der Waals surface area contributed by atoms with Gasteiger partial charge in [0, 0.05) is 6.08 Å². The van der Waals surface area contributed by atoms with E-state index < -0.39 is 5.83 Å². The monoisotopic (exact) mass is 158 g/mol. The predicted octanol–water partition coefficient (Wildman–Crippen LogP) is 3.09. The van der Waals surface area contributed by atoms with Crippen LogP contribution in [0.25, 0.3) is 0 Å². The summed E-state index contributed by atoms with van der Waals surface area (Å²) in [5, 5.41) is 0. The molecule has 0 nitrogen and oxygen atoms in total. The van der Waals surface area contributed by atoms with Gasteiger partial charge in [0.1, 0.15) is 10.8 Å². The molecule has 0 bridgehead atoms. The Labute approximate surface area is 55.4 Å². The van der Waals surface area contributed by atoms with Gasteiger partial charge in [0.25, 0.3) is 0 Å². The van der Waals surface area contributed by atoms with Gasteiger partial charge < -0.3 is 0 Å². The Hall–Kier alpha value is -0.0800. The first-order valence-corrected chi connectivity index (χ1v) is 2.41. The molecule has 0 fully saturated rings. The normalized spacial score (nSPS) is 11.2. The zero-order valence-electron chi connectivity index (χ0n) is 3.67. The zero-order chi connectivity index (χ0) is 6.57. The minimum Gasteiger partial charge on any atom is -0.212 e. The standard InChI is InChI=1S/C4H2Cl2F2/c5-4(6)1-3(8)2-7/h1-2H.